The molecule has 3 heterocycles. The summed E-state index contributed by atoms with van der Waals surface area (Å²) in [6.45, 7) is 5.89. The number of benzene rings is 1. The van der Waals surface area contributed by atoms with Gasteiger partial charge >= 0.3 is 0 Å². The van der Waals surface area contributed by atoms with Crippen LogP contribution in [0, 0.1) is 13.8 Å². The molecule has 0 unspecified atom stereocenters. The monoisotopic (exact) mass is 388 g/mol. The molecule has 1 saturated heterocycles. The number of nitrogens with zero attached hydrogens (tertiary/aromatic N) is 4. The van der Waals surface area contributed by atoms with Gasteiger partial charge in [-0.25, -0.2) is 18.4 Å². The standard InChI is InChI=1S/C18H20N4O2S2/c1-13-3-4-14(2)16(11-13)26(23,24)22-8-6-21(7-9-22)17-15-5-10-25-18(15)20-12-19-17/h3-5,10-12H,6-9H2,1-2H3. The minimum absolute atomic E-state index is 0.410. The molecule has 0 saturated carbocycles. The topological polar surface area (TPSA) is 66.4 Å². The molecule has 8 heteroatoms. The Morgan fingerprint density at radius 3 is 2.58 bits per heavy atom. The van der Waals surface area contributed by atoms with Crippen LogP contribution in [0.25, 0.3) is 10.2 Å². The van der Waals surface area contributed by atoms with Gasteiger partial charge in [0.2, 0.25) is 10.0 Å². The molecule has 1 fully saturated rings. The van der Waals surface area contributed by atoms with E-state index >= 15 is 0 Å². The van der Waals surface area contributed by atoms with Gasteiger partial charge in [0.15, 0.2) is 0 Å². The molecule has 0 bridgehead atoms. The van der Waals surface area contributed by atoms with Crippen molar-refractivity contribution in [1.29, 1.82) is 0 Å². The fourth-order valence-electron chi connectivity index (χ4n) is 3.29. The van der Waals surface area contributed by atoms with Crippen molar-refractivity contribution in [3.63, 3.8) is 0 Å². The zero-order valence-electron chi connectivity index (χ0n) is 14.7. The van der Waals surface area contributed by atoms with Gasteiger partial charge in [-0.15, -0.1) is 11.3 Å². The molecule has 4 rings (SSSR count). The Hall–Kier alpha value is -2.03. The zero-order chi connectivity index (χ0) is 18.3. The number of thiophene rings is 1. The van der Waals surface area contributed by atoms with E-state index in [1.807, 2.05) is 37.4 Å². The lowest BCUT2D eigenvalue weighted by molar-refractivity contribution is 0.384. The smallest absolute Gasteiger partial charge is 0.243 e. The number of piperazine rings is 1. The average molecular weight is 389 g/mol. The number of rotatable bonds is 3. The third kappa shape index (κ3) is 2.98. The summed E-state index contributed by atoms with van der Waals surface area (Å²) in [5.74, 6) is 0.889. The van der Waals surface area contributed by atoms with E-state index in [-0.39, 0.29) is 0 Å². The van der Waals surface area contributed by atoms with Gasteiger partial charge in [0.25, 0.3) is 0 Å². The molecule has 1 aromatic carbocycles. The first kappa shape index (κ1) is 17.4. The Labute approximate surface area is 157 Å². The summed E-state index contributed by atoms with van der Waals surface area (Å²) in [6, 6.07) is 7.59. The first-order valence-electron chi connectivity index (χ1n) is 8.47. The highest BCUT2D eigenvalue weighted by molar-refractivity contribution is 7.89. The lowest BCUT2D eigenvalue weighted by Crippen LogP contribution is -2.49. The largest absolute Gasteiger partial charge is 0.353 e. The molecule has 0 spiro atoms. The van der Waals surface area contributed by atoms with E-state index in [0.717, 1.165) is 27.2 Å². The molecule has 6 nitrogen and oxygen atoms in total. The van der Waals surface area contributed by atoms with E-state index in [2.05, 4.69) is 14.9 Å². The van der Waals surface area contributed by atoms with E-state index in [1.54, 1.807) is 28.0 Å². The molecule has 2 aromatic heterocycles. The fourth-order valence-corrected chi connectivity index (χ4v) is 5.75. The highest BCUT2D eigenvalue weighted by atomic mass is 32.2. The molecular formula is C18H20N4O2S2. The number of aromatic nitrogens is 2. The molecule has 3 aromatic rings. The Morgan fingerprint density at radius 2 is 1.81 bits per heavy atom. The summed E-state index contributed by atoms with van der Waals surface area (Å²) in [4.78, 5) is 12.2. The molecule has 0 radical (unpaired) electrons. The molecule has 136 valence electrons. The molecule has 0 N–H and O–H groups in total. The molecule has 0 aliphatic carbocycles. The van der Waals surface area contributed by atoms with E-state index in [1.165, 1.54) is 0 Å². The van der Waals surface area contributed by atoms with Crippen LogP contribution in [0.5, 0.6) is 0 Å². The first-order chi connectivity index (χ1) is 12.5. The predicted molar refractivity (Wildman–Crippen MR) is 104 cm³/mol. The molecule has 0 amide bonds. The van der Waals surface area contributed by atoms with Crippen molar-refractivity contribution >= 4 is 37.4 Å². The van der Waals surface area contributed by atoms with Crippen molar-refractivity contribution in [2.75, 3.05) is 31.1 Å². The molecule has 1 aliphatic heterocycles. The zero-order valence-corrected chi connectivity index (χ0v) is 16.3. The SMILES string of the molecule is Cc1ccc(C)c(S(=O)(=O)N2CCN(c3ncnc4sccc34)CC2)c1. The second-order valence-corrected chi connectivity index (χ2v) is 9.30. The van der Waals surface area contributed by atoms with Gasteiger partial charge in [0, 0.05) is 26.2 Å². The maximum Gasteiger partial charge on any atom is 0.243 e. The number of hydrogen-bond donors (Lipinski definition) is 0. The lowest BCUT2D eigenvalue weighted by Gasteiger charge is -2.35. The fraction of sp³-hybridized carbons (Fsp3) is 0.333. The van der Waals surface area contributed by atoms with Crippen molar-refractivity contribution in [2.45, 2.75) is 18.7 Å². The Bertz CT molecular complexity index is 1050. The summed E-state index contributed by atoms with van der Waals surface area (Å²) in [5, 5.41) is 3.03. The highest BCUT2D eigenvalue weighted by Crippen LogP contribution is 2.28. The van der Waals surface area contributed by atoms with Crippen LogP contribution < -0.4 is 4.90 Å². The van der Waals surface area contributed by atoms with Gasteiger partial charge in [-0.05, 0) is 42.5 Å². The van der Waals surface area contributed by atoms with Crippen LogP contribution >= 0.6 is 11.3 Å². The van der Waals surface area contributed by atoms with Crippen molar-refractivity contribution in [1.82, 2.24) is 14.3 Å². The molecule has 1 aliphatic rings. The number of hydrogen-bond acceptors (Lipinski definition) is 6. The van der Waals surface area contributed by atoms with Crippen LogP contribution in [0.4, 0.5) is 5.82 Å². The second-order valence-electron chi connectivity index (χ2n) is 6.50. The molecular weight excluding hydrogens is 368 g/mol. The van der Waals surface area contributed by atoms with Gasteiger partial charge in [-0.1, -0.05) is 12.1 Å². The number of aryl methyl sites for hydroxylation is 2. The van der Waals surface area contributed by atoms with E-state index in [9.17, 15) is 8.42 Å². The van der Waals surface area contributed by atoms with Crippen molar-refractivity contribution in [2.24, 2.45) is 0 Å². The van der Waals surface area contributed by atoms with Crippen molar-refractivity contribution in [3.05, 3.63) is 47.1 Å². The molecule has 26 heavy (non-hydrogen) atoms. The Balaban J connectivity index is 1.56. The average Bonchev–Trinajstić information content (AvgIpc) is 3.12. The third-order valence-corrected chi connectivity index (χ3v) is 7.60. The van der Waals surface area contributed by atoms with Crippen LogP contribution in [0.3, 0.4) is 0 Å². The van der Waals surface area contributed by atoms with Gasteiger partial charge in [0.1, 0.15) is 17.0 Å². The number of fused-ring (bicyclic) bond motifs is 1. The van der Waals surface area contributed by atoms with Gasteiger partial charge < -0.3 is 4.90 Å². The summed E-state index contributed by atoms with van der Waals surface area (Å²) in [5.41, 5.74) is 1.74. The van der Waals surface area contributed by atoms with Crippen LogP contribution in [-0.2, 0) is 10.0 Å². The predicted octanol–water partition coefficient (Wildman–Crippen LogP) is 2.82. The minimum Gasteiger partial charge on any atom is -0.353 e. The van der Waals surface area contributed by atoms with Gasteiger partial charge in [0.05, 0.1) is 10.3 Å². The normalized spacial score (nSPS) is 16.3. The highest BCUT2D eigenvalue weighted by Gasteiger charge is 2.30. The minimum atomic E-state index is -3.48. The second kappa shape index (κ2) is 6.61. The number of sulfonamides is 1. The summed E-state index contributed by atoms with van der Waals surface area (Å²) >= 11 is 1.59. The number of anilines is 1. The van der Waals surface area contributed by atoms with Gasteiger partial charge in [-0.3, -0.25) is 0 Å². The summed E-state index contributed by atoms with van der Waals surface area (Å²) in [6.07, 6.45) is 1.58. The maximum absolute atomic E-state index is 13.1. The molecule has 0 atom stereocenters. The van der Waals surface area contributed by atoms with Crippen LogP contribution in [-0.4, -0.2) is 48.9 Å². The summed E-state index contributed by atoms with van der Waals surface area (Å²) < 4.78 is 27.7. The van der Waals surface area contributed by atoms with Gasteiger partial charge in [-0.2, -0.15) is 4.31 Å². The Morgan fingerprint density at radius 1 is 1.04 bits per heavy atom. The summed E-state index contributed by atoms with van der Waals surface area (Å²) in [7, 11) is -3.48. The quantitative estimate of drug-likeness (QED) is 0.690. The third-order valence-electron chi connectivity index (χ3n) is 4.74. The van der Waals surface area contributed by atoms with Crippen LogP contribution in [0.15, 0.2) is 40.9 Å². The van der Waals surface area contributed by atoms with Crippen LogP contribution in [0.2, 0.25) is 0 Å². The van der Waals surface area contributed by atoms with E-state index in [0.29, 0.717) is 31.1 Å². The van der Waals surface area contributed by atoms with Crippen molar-refractivity contribution in [3.8, 4) is 0 Å². The van der Waals surface area contributed by atoms with Crippen LogP contribution in [0.1, 0.15) is 11.1 Å². The van der Waals surface area contributed by atoms with Crippen molar-refractivity contribution < 1.29 is 8.42 Å². The lowest BCUT2D eigenvalue weighted by atomic mass is 10.2. The van der Waals surface area contributed by atoms with E-state index in [4.69, 9.17) is 0 Å². The maximum atomic E-state index is 13.1. The first-order valence-corrected chi connectivity index (χ1v) is 10.8. The van der Waals surface area contributed by atoms with E-state index < -0.39 is 10.0 Å². The Kier molecular flexibility index (Phi) is 4.42.